The molecule has 3 nitrogen and oxygen atoms in total. The fourth-order valence-corrected chi connectivity index (χ4v) is 3.25. The molecule has 1 aromatic rings. The third-order valence-electron chi connectivity index (χ3n) is 4.38. The van der Waals surface area contributed by atoms with Crippen molar-refractivity contribution in [3.05, 3.63) is 29.6 Å². The molecule has 0 bridgehead atoms. The molecular weight excluding hydrogens is 267 g/mol. The summed E-state index contributed by atoms with van der Waals surface area (Å²) in [5, 5.41) is 3.32. The lowest BCUT2D eigenvalue weighted by Gasteiger charge is -2.32. The predicted molar refractivity (Wildman–Crippen MR) is 85.2 cm³/mol. The van der Waals surface area contributed by atoms with Crippen molar-refractivity contribution in [2.45, 2.75) is 51.7 Å². The molecule has 1 aliphatic heterocycles. The molecule has 0 spiro atoms. The van der Waals surface area contributed by atoms with Gasteiger partial charge in [-0.1, -0.05) is 6.92 Å². The number of ether oxygens (including phenoxy) is 1. The van der Waals surface area contributed by atoms with Gasteiger partial charge in [-0.05, 0) is 49.9 Å². The molecule has 1 aliphatic rings. The predicted octanol–water partition coefficient (Wildman–Crippen LogP) is 3.33. The topological polar surface area (TPSA) is 24.5 Å². The van der Waals surface area contributed by atoms with E-state index in [9.17, 15) is 4.39 Å². The smallest absolute Gasteiger partial charge is 0.123 e. The number of benzene rings is 1. The molecule has 1 saturated heterocycles. The molecule has 2 rings (SSSR count). The van der Waals surface area contributed by atoms with Gasteiger partial charge >= 0.3 is 0 Å². The Balaban J connectivity index is 2.17. The van der Waals surface area contributed by atoms with Crippen molar-refractivity contribution in [3.63, 3.8) is 0 Å². The van der Waals surface area contributed by atoms with Crippen molar-refractivity contribution in [1.82, 2.24) is 5.32 Å². The average molecular weight is 294 g/mol. The van der Waals surface area contributed by atoms with E-state index in [4.69, 9.17) is 4.74 Å². The Morgan fingerprint density at radius 1 is 1.38 bits per heavy atom. The lowest BCUT2D eigenvalue weighted by Crippen LogP contribution is -2.35. The van der Waals surface area contributed by atoms with Gasteiger partial charge < -0.3 is 15.0 Å². The minimum Gasteiger partial charge on any atom is -0.383 e. The first-order valence-corrected chi connectivity index (χ1v) is 7.93. The molecule has 2 atom stereocenters. The molecule has 0 radical (unpaired) electrons. The molecule has 2 unspecified atom stereocenters. The van der Waals surface area contributed by atoms with Gasteiger partial charge in [-0.25, -0.2) is 4.39 Å². The van der Waals surface area contributed by atoms with E-state index in [1.165, 1.54) is 18.5 Å². The molecule has 1 fully saturated rings. The molecule has 0 saturated carbocycles. The van der Waals surface area contributed by atoms with Crippen molar-refractivity contribution < 1.29 is 9.13 Å². The van der Waals surface area contributed by atoms with Crippen LogP contribution in [0, 0.1) is 5.82 Å². The highest BCUT2D eigenvalue weighted by molar-refractivity contribution is 5.56. The zero-order valence-electron chi connectivity index (χ0n) is 13.4. The molecule has 1 N–H and O–H groups in total. The summed E-state index contributed by atoms with van der Waals surface area (Å²) in [6, 6.07) is 6.27. The minimum absolute atomic E-state index is 0.165. The Hall–Kier alpha value is -1.13. The highest BCUT2D eigenvalue weighted by atomic mass is 19.1. The monoisotopic (exact) mass is 294 g/mol. The SMILES string of the molecule is CCC1CCC(C)N1c1ccc(F)cc1CNCCOC. The van der Waals surface area contributed by atoms with Crippen LogP contribution in [0.3, 0.4) is 0 Å². The van der Waals surface area contributed by atoms with Crippen LogP contribution in [-0.4, -0.2) is 32.3 Å². The fraction of sp³-hybridized carbons (Fsp3) is 0.647. The van der Waals surface area contributed by atoms with E-state index in [2.05, 4.69) is 24.1 Å². The Morgan fingerprint density at radius 3 is 2.90 bits per heavy atom. The lowest BCUT2D eigenvalue weighted by atomic mass is 10.1. The van der Waals surface area contributed by atoms with Crippen LogP contribution in [0.5, 0.6) is 0 Å². The number of nitrogens with zero attached hydrogens (tertiary/aromatic N) is 1. The second kappa shape index (κ2) is 7.76. The molecule has 4 heteroatoms. The first kappa shape index (κ1) is 16.2. The van der Waals surface area contributed by atoms with Crippen LogP contribution in [0.15, 0.2) is 18.2 Å². The summed E-state index contributed by atoms with van der Waals surface area (Å²) in [6.45, 7) is 6.62. The third-order valence-corrected chi connectivity index (χ3v) is 4.38. The van der Waals surface area contributed by atoms with Gasteiger partial charge in [0.2, 0.25) is 0 Å². The highest BCUT2D eigenvalue weighted by Crippen LogP contribution is 2.34. The van der Waals surface area contributed by atoms with Gasteiger partial charge in [-0.3, -0.25) is 0 Å². The van der Waals surface area contributed by atoms with Crippen molar-refractivity contribution in [3.8, 4) is 0 Å². The minimum atomic E-state index is -0.165. The van der Waals surface area contributed by atoms with Gasteiger partial charge in [-0.2, -0.15) is 0 Å². The maximum absolute atomic E-state index is 13.6. The number of halogens is 1. The fourth-order valence-electron chi connectivity index (χ4n) is 3.25. The zero-order chi connectivity index (χ0) is 15.2. The van der Waals surface area contributed by atoms with Crippen LogP contribution < -0.4 is 10.2 Å². The van der Waals surface area contributed by atoms with E-state index in [1.54, 1.807) is 19.2 Å². The Labute approximate surface area is 127 Å². The molecule has 0 aromatic heterocycles. The van der Waals surface area contributed by atoms with Gasteiger partial charge in [0.05, 0.1) is 6.61 Å². The summed E-state index contributed by atoms with van der Waals surface area (Å²) < 4.78 is 18.7. The number of methoxy groups -OCH3 is 1. The van der Waals surface area contributed by atoms with Crippen molar-refractivity contribution >= 4 is 5.69 Å². The number of hydrogen-bond acceptors (Lipinski definition) is 3. The van der Waals surface area contributed by atoms with E-state index in [0.29, 0.717) is 25.2 Å². The largest absolute Gasteiger partial charge is 0.383 e. The summed E-state index contributed by atoms with van der Waals surface area (Å²) in [5.41, 5.74) is 2.22. The van der Waals surface area contributed by atoms with E-state index in [1.807, 2.05) is 6.07 Å². The van der Waals surface area contributed by atoms with Crippen LogP contribution in [0.4, 0.5) is 10.1 Å². The normalized spacial score (nSPS) is 22.0. The maximum atomic E-state index is 13.6. The summed E-state index contributed by atoms with van der Waals surface area (Å²) >= 11 is 0. The third kappa shape index (κ3) is 3.95. The van der Waals surface area contributed by atoms with Crippen LogP contribution >= 0.6 is 0 Å². The number of hydrogen-bond donors (Lipinski definition) is 1. The van der Waals surface area contributed by atoms with Gasteiger partial charge in [0.25, 0.3) is 0 Å². The van der Waals surface area contributed by atoms with Crippen LogP contribution in [0.2, 0.25) is 0 Å². The quantitative estimate of drug-likeness (QED) is 0.781. The number of nitrogens with one attached hydrogen (secondary N) is 1. The van der Waals surface area contributed by atoms with E-state index in [0.717, 1.165) is 18.5 Å². The van der Waals surface area contributed by atoms with Crippen LogP contribution in [0.1, 0.15) is 38.7 Å². The molecule has 21 heavy (non-hydrogen) atoms. The Bertz CT molecular complexity index is 452. The zero-order valence-corrected chi connectivity index (χ0v) is 13.4. The molecule has 118 valence electrons. The summed E-state index contributed by atoms with van der Waals surface area (Å²) in [4.78, 5) is 2.48. The van der Waals surface area contributed by atoms with Gasteiger partial charge in [-0.15, -0.1) is 0 Å². The van der Waals surface area contributed by atoms with Crippen LogP contribution in [-0.2, 0) is 11.3 Å². The van der Waals surface area contributed by atoms with Crippen molar-refractivity contribution in [1.29, 1.82) is 0 Å². The van der Waals surface area contributed by atoms with Crippen molar-refractivity contribution in [2.75, 3.05) is 25.2 Å². The Morgan fingerprint density at radius 2 is 2.19 bits per heavy atom. The average Bonchev–Trinajstić information content (AvgIpc) is 2.85. The second-order valence-corrected chi connectivity index (χ2v) is 5.84. The standard InChI is InChI=1S/C17H27FN2O/c1-4-16-7-5-13(2)20(16)17-8-6-15(18)11-14(17)12-19-9-10-21-3/h6,8,11,13,16,19H,4-5,7,9-10,12H2,1-3H3. The van der Waals surface area contributed by atoms with Gasteiger partial charge in [0.1, 0.15) is 5.82 Å². The molecule has 1 heterocycles. The van der Waals surface area contributed by atoms with E-state index in [-0.39, 0.29) is 5.82 Å². The lowest BCUT2D eigenvalue weighted by molar-refractivity contribution is 0.199. The first-order chi connectivity index (χ1) is 10.2. The second-order valence-electron chi connectivity index (χ2n) is 5.84. The number of rotatable bonds is 7. The molecule has 0 aliphatic carbocycles. The van der Waals surface area contributed by atoms with Crippen molar-refractivity contribution in [2.24, 2.45) is 0 Å². The molecule has 0 amide bonds. The number of anilines is 1. The molecular formula is C17H27FN2O. The first-order valence-electron chi connectivity index (χ1n) is 7.93. The highest BCUT2D eigenvalue weighted by Gasteiger charge is 2.30. The maximum Gasteiger partial charge on any atom is 0.123 e. The molecule has 1 aromatic carbocycles. The van der Waals surface area contributed by atoms with Gasteiger partial charge in [0.15, 0.2) is 0 Å². The summed E-state index contributed by atoms with van der Waals surface area (Å²) in [7, 11) is 1.69. The van der Waals surface area contributed by atoms with Gasteiger partial charge in [0, 0.05) is 38.0 Å². The van der Waals surface area contributed by atoms with E-state index < -0.39 is 0 Å². The van der Waals surface area contributed by atoms with Crippen LogP contribution in [0.25, 0.3) is 0 Å². The van der Waals surface area contributed by atoms with E-state index >= 15 is 0 Å². The Kier molecular flexibility index (Phi) is 6.00. The summed E-state index contributed by atoms with van der Waals surface area (Å²) in [5.74, 6) is -0.165. The summed E-state index contributed by atoms with van der Waals surface area (Å²) in [6.07, 6.45) is 3.58.